The Kier molecular flexibility index (Phi) is 2.96. The average molecular weight is 192 g/mol. The third-order valence-electron chi connectivity index (χ3n) is 1.54. The molecule has 0 fully saturated rings. The summed E-state index contributed by atoms with van der Waals surface area (Å²) < 4.78 is 0. The van der Waals surface area contributed by atoms with E-state index in [1.807, 2.05) is 0 Å². The molecule has 0 saturated carbocycles. The standard InChI is InChI=1S/C9H8N2O3/c1-2-9(12)10-7-5-3-4-6-8(7)11(13)14/h2-6H,1H2,(H,10,12). The average Bonchev–Trinajstić information content (AvgIpc) is 2.18. The quantitative estimate of drug-likeness (QED) is 0.450. The number of anilines is 1. The van der Waals surface area contributed by atoms with Crippen LogP contribution in [-0.2, 0) is 4.79 Å². The Bertz CT molecular complexity index is 387. The van der Waals surface area contributed by atoms with E-state index in [0.29, 0.717) is 0 Å². The number of benzene rings is 1. The van der Waals surface area contributed by atoms with Gasteiger partial charge in [0.15, 0.2) is 0 Å². The van der Waals surface area contributed by atoms with Crippen molar-refractivity contribution in [1.82, 2.24) is 0 Å². The van der Waals surface area contributed by atoms with Crippen molar-refractivity contribution in [1.29, 1.82) is 0 Å². The smallest absolute Gasteiger partial charge is 0.292 e. The van der Waals surface area contributed by atoms with Crippen LogP contribution in [0.3, 0.4) is 0 Å². The van der Waals surface area contributed by atoms with Crippen molar-refractivity contribution in [3.8, 4) is 0 Å². The molecule has 0 aliphatic carbocycles. The maximum absolute atomic E-state index is 10.9. The van der Waals surface area contributed by atoms with Gasteiger partial charge in [-0.15, -0.1) is 0 Å². The molecule has 1 rings (SSSR count). The van der Waals surface area contributed by atoms with E-state index in [1.165, 1.54) is 18.2 Å². The molecular weight excluding hydrogens is 184 g/mol. The minimum Gasteiger partial charge on any atom is -0.317 e. The van der Waals surface area contributed by atoms with Gasteiger partial charge in [0.05, 0.1) is 4.92 Å². The lowest BCUT2D eigenvalue weighted by Gasteiger charge is -2.01. The largest absolute Gasteiger partial charge is 0.317 e. The molecular formula is C9H8N2O3. The number of nitrogens with zero attached hydrogens (tertiary/aromatic N) is 1. The van der Waals surface area contributed by atoms with Gasteiger partial charge in [0.1, 0.15) is 5.69 Å². The minimum atomic E-state index is -0.557. The molecule has 0 radical (unpaired) electrons. The fraction of sp³-hybridized carbons (Fsp3) is 0. The molecule has 0 unspecified atom stereocenters. The summed E-state index contributed by atoms with van der Waals surface area (Å²) in [6, 6.07) is 5.91. The van der Waals surface area contributed by atoms with Gasteiger partial charge in [0.2, 0.25) is 5.91 Å². The summed E-state index contributed by atoms with van der Waals surface area (Å²) >= 11 is 0. The number of carbonyl (C=O) groups excluding carboxylic acids is 1. The van der Waals surface area contributed by atoms with Crippen LogP contribution in [0.1, 0.15) is 0 Å². The lowest BCUT2D eigenvalue weighted by atomic mass is 10.2. The van der Waals surface area contributed by atoms with Gasteiger partial charge in [0.25, 0.3) is 5.69 Å². The first-order chi connectivity index (χ1) is 6.65. The van der Waals surface area contributed by atoms with Gasteiger partial charge in [-0.3, -0.25) is 14.9 Å². The van der Waals surface area contributed by atoms with Gasteiger partial charge >= 0.3 is 0 Å². The highest BCUT2D eigenvalue weighted by atomic mass is 16.6. The highest BCUT2D eigenvalue weighted by Crippen LogP contribution is 2.22. The molecule has 0 aliphatic heterocycles. The first kappa shape index (κ1) is 9.91. The normalized spacial score (nSPS) is 9.14. The minimum absolute atomic E-state index is 0.136. The summed E-state index contributed by atoms with van der Waals surface area (Å²) in [6.07, 6.45) is 1.05. The fourth-order valence-corrected chi connectivity index (χ4v) is 0.922. The van der Waals surface area contributed by atoms with Crippen molar-refractivity contribution in [3.05, 3.63) is 47.0 Å². The summed E-state index contributed by atoms with van der Waals surface area (Å²) in [5.41, 5.74) is 0.0325. The summed E-state index contributed by atoms with van der Waals surface area (Å²) in [7, 11) is 0. The predicted octanol–water partition coefficient (Wildman–Crippen LogP) is 1.72. The van der Waals surface area contributed by atoms with E-state index in [2.05, 4.69) is 11.9 Å². The van der Waals surface area contributed by atoms with Crippen LogP contribution in [-0.4, -0.2) is 10.8 Å². The lowest BCUT2D eigenvalue weighted by molar-refractivity contribution is -0.383. The Labute approximate surface area is 80.2 Å². The fourth-order valence-electron chi connectivity index (χ4n) is 0.922. The number of rotatable bonds is 3. The summed E-state index contributed by atoms with van der Waals surface area (Å²) in [4.78, 5) is 20.9. The number of hydrogen-bond donors (Lipinski definition) is 1. The SMILES string of the molecule is C=CC(=O)Nc1ccccc1[N+](=O)[O-]. The molecule has 1 aromatic carbocycles. The second-order valence-electron chi connectivity index (χ2n) is 2.47. The van der Waals surface area contributed by atoms with Gasteiger partial charge < -0.3 is 5.32 Å². The van der Waals surface area contributed by atoms with E-state index in [4.69, 9.17) is 0 Å². The zero-order chi connectivity index (χ0) is 10.6. The summed E-state index contributed by atoms with van der Waals surface area (Å²) in [5.74, 6) is -0.473. The lowest BCUT2D eigenvalue weighted by Crippen LogP contribution is -2.08. The first-order valence-electron chi connectivity index (χ1n) is 3.82. The number of hydrogen-bond acceptors (Lipinski definition) is 3. The van der Waals surface area contributed by atoms with Crippen LogP contribution in [0.25, 0.3) is 0 Å². The van der Waals surface area contributed by atoms with E-state index in [-0.39, 0.29) is 11.4 Å². The maximum Gasteiger partial charge on any atom is 0.292 e. The number of nitrogens with one attached hydrogen (secondary N) is 1. The summed E-state index contributed by atoms with van der Waals surface area (Å²) in [5, 5.41) is 12.9. The zero-order valence-corrected chi connectivity index (χ0v) is 7.27. The Morgan fingerprint density at radius 1 is 1.50 bits per heavy atom. The molecule has 0 atom stereocenters. The Morgan fingerprint density at radius 2 is 2.14 bits per heavy atom. The molecule has 0 spiro atoms. The number of carbonyl (C=O) groups is 1. The third-order valence-corrected chi connectivity index (χ3v) is 1.54. The number of para-hydroxylation sites is 2. The van der Waals surface area contributed by atoms with Crippen molar-refractivity contribution >= 4 is 17.3 Å². The highest BCUT2D eigenvalue weighted by Gasteiger charge is 2.12. The van der Waals surface area contributed by atoms with Crippen LogP contribution in [0.15, 0.2) is 36.9 Å². The molecule has 0 bridgehead atoms. The van der Waals surface area contributed by atoms with Crippen molar-refractivity contribution in [3.63, 3.8) is 0 Å². The molecule has 1 N–H and O–H groups in total. The zero-order valence-electron chi connectivity index (χ0n) is 7.27. The van der Waals surface area contributed by atoms with Crippen LogP contribution in [0.4, 0.5) is 11.4 Å². The monoisotopic (exact) mass is 192 g/mol. The van der Waals surface area contributed by atoms with Crippen molar-refractivity contribution < 1.29 is 9.72 Å². The van der Waals surface area contributed by atoms with Gasteiger partial charge in [-0.25, -0.2) is 0 Å². The van der Waals surface area contributed by atoms with E-state index in [0.717, 1.165) is 6.08 Å². The molecule has 0 heterocycles. The van der Waals surface area contributed by atoms with Gasteiger partial charge in [0, 0.05) is 6.07 Å². The third kappa shape index (κ3) is 2.16. The van der Waals surface area contributed by atoms with E-state index in [9.17, 15) is 14.9 Å². The molecule has 0 aromatic heterocycles. The summed E-state index contributed by atoms with van der Waals surface area (Å²) in [6.45, 7) is 3.25. The number of nitro groups is 1. The molecule has 1 aromatic rings. The van der Waals surface area contributed by atoms with Crippen molar-refractivity contribution in [2.45, 2.75) is 0 Å². The Hall–Kier alpha value is -2.17. The van der Waals surface area contributed by atoms with E-state index < -0.39 is 10.8 Å². The van der Waals surface area contributed by atoms with E-state index in [1.54, 1.807) is 6.07 Å². The predicted molar refractivity (Wildman–Crippen MR) is 51.9 cm³/mol. The maximum atomic E-state index is 10.9. The Balaban J connectivity index is 3.01. The molecule has 0 aliphatic rings. The van der Waals surface area contributed by atoms with Crippen molar-refractivity contribution in [2.75, 3.05) is 5.32 Å². The molecule has 14 heavy (non-hydrogen) atoms. The van der Waals surface area contributed by atoms with Crippen LogP contribution in [0, 0.1) is 10.1 Å². The first-order valence-corrected chi connectivity index (χ1v) is 3.82. The van der Waals surface area contributed by atoms with Crippen LogP contribution in [0.5, 0.6) is 0 Å². The van der Waals surface area contributed by atoms with E-state index >= 15 is 0 Å². The second-order valence-corrected chi connectivity index (χ2v) is 2.47. The molecule has 1 amide bonds. The number of amides is 1. The highest BCUT2D eigenvalue weighted by molar-refractivity contribution is 6.00. The molecule has 5 heteroatoms. The van der Waals surface area contributed by atoms with Gasteiger partial charge in [-0.05, 0) is 12.1 Å². The van der Waals surface area contributed by atoms with Gasteiger partial charge in [-0.1, -0.05) is 18.7 Å². The molecule has 72 valence electrons. The van der Waals surface area contributed by atoms with Gasteiger partial charge in [-0.2, -0.15) is 0 Å². The molecule has 5 nitrogen and oxygen atoms in total. The van der Waals surface area contributed by atoms with Crippen LogP contribution in [0.2, 0.25) is 0 Å². The van der Waals surface area contributed by atoms with Crippen LogP contribution >= 0.6 is 0 Å². The Morgan fingerprint density at radius 3 is 2.71 bits per heavy atom. The molecule has 0 saturated heterocycles. The van der Waals surface area contributed by atoms with Crippen LogP contribution < -0.4 is 5.32 Å². The van der Waals surface area contributed by atoms with Crippen molar-refractivity contribution in [2.24, 2.45) is 0 Å². The number of nitro benzene ring substituents is 1. The topological polar surface area (TPSA) is 72.2 Å². The second kappa shape index (κ2) is 4.18.